The summed E-state index contributed by atoms with van der Waals surface area (Å²) in [6.45, 7) is 2.06. The summed E-state index contributed by atoms with van der Waals surface area (Å²) in [6.07, 6.45) is 2.03. The van der Waals surface area contributed by atoms with Gasteiger partial charge in [-0.1, -0.05) is 48.0 Å². The Morgan fingerprint density at radius 2 is 1.65 bits per heavy atom. The lowest BCUT2D eigenvalue weighted by Crippen LogP contribution is -2.12. The van der Waals surface area contributed by atoms with Crippen molar-refractivity contribution < 1.29 is 4.79 Å². The molecule has 1 amide bonds. The summed E-state index contributed by atoms with van der Waals surface area (Å²) >= 11 is 1.57. The van der Waals surface area contributed by atoms with Gasteiger partial charge in [0.25, 0.3) is 0 Å². The monoisotopic (exact) mass is 468 g/mol. The largest absolute Gasteiger partial charge is 0.383 e. The van der Waals surface area contributed by atoms with E-state index in [1.165, 1.54) is 11.1 Å². The normalized spacial score (nSPS) is 11.3. The number of rotatable bonds is 9. The maximum Gasteiger partial charge on any atom is 0.224 e. The molecule has 172 valence electrons. The molecular weight excluding hydrogens is 440 g/mol. The SMILES string of the molecule is Cc1ccc(Nc2ccccc2NC(=O)CCCc2ccc(/N=C(\N)c3cccs3)cc2)cc1. The van der Waals surface area contributed by atoms with Crippen LogP contribution in [0.5, 0.6) is 0 Å². The van der Waals surface area contributed by atoms with E-state index in [1.807, 2.05) is 78.2 Å². The number of benzene rings is 3. The Labute approximate surface area is 204 Å². The molecule has 0 fully saturated rings. The van der Waals surface area contributed by atoms with Gasteiger partial charge in [-0.3, -0.25) is 4.79 Å². The molecule has 4 rings (SSSR count). The number of nitrogens with zero attached hydrogens (tertiary/aromatic N) is 1. The summed E-state index contributed by atoms with van der Waals surface area (Å²) in [6, 6.07) is 27.8. The highest BCUT2D eigenvalue weighted by Gasteiger charge is 2.08. The van der Waals surface area contributed by atoms with Crippen LogP contribution in [0.25, 0.3) is 0 Å². The van der Waals surface area contributed by atoms with Gasteiger partial charge in [0.1, 0.15) is 5.84 Å². The van der Waals surface area contributed by atoms with Crippen molar-refractivity contribution in [3.8, 4) is 0 Å². The van der Waals surface area contributed by atoms with Crippen molar-refractivity contribution in [2.24, 2.45) is 10.7 Å². The van der Waals surface area contributed by atoms with Crippen molar-refractivity contribution >= 4 is 45.8 Å². The number of carbonyl (C=O) groups is 1. The molecule has 0 radical (unpaired) electrons. The van der Waals surface area contributed by atoms with Gasteiger partial charge in [-0.15, -0.1) is 11.3 Å². The van der Waals surface area contributed by atoms with Crippen LogP contribution in [0.15, 0.2) is 95.3 Å². The zero-order valence-electron chi connectivity index (χ0n) is 19.1. The van der Waals surface area contributed by atoms with Crippen LogP contribution in [0.1, 0.15) is 28.8 Å². The number of hydrogen-bond acceptors (Lipinski definition) is 4. The molecule has 0 saturated carbocycles. The van der Waals surface area contributed by atoms with Gasteiger partial charge in [0.2, 0.25) is 5.91 Å². The highest BCUT2D eigenvalue weighted by atomic mass is 32.1. The lowest BCUT2D eigenvalue weighted by atomic mass is 10.1. The van der Waals surface area contributed by atoms with E-state index in [9.17, 15) is 4.79 Å². The zero-order valence-corrected chi connectivity index (χ0v) is 19.9. The van der Waals surface area contributed by atoms with E-state index in [4.69, 9.17) is 5.73 Å². The van der Waals surface area contributed by atoms with Crippen LogP contribution in [0.2, 0.25) is 0 Å². The molecule has 5 nitrogen and oxygen atoms in total. The summed E-state index contributed by atoms with van der Waals surface area (Å²) < 4.78 is 0. The molecule has 6 heteroatoms. The third kappa shape index (κ3) is 6.56. The first-order valence-corrected chi connectivity index (χ1v) is 12.1. The molecular formula is C28H28N4OS. The van der Waals surface area contributed by atoms with Gasteiger partial charge in [-0.05, 0) is 73.2 Å². The number of thiophene rings is 1. The first kappa shape index (κ1) is 23.3. The highest BCUT2D eigenvalue weighted by Crippen LogP contribution is 2.26. The fraction of sp³-hybridized carbons (Fsp3) is 0.143. The first-order chi connectivity index (χ1) is 16.6. The Morgan fingerprint density at radius 1 is 0.912 bits per heavy atom. The summed E-state index contributed by atoms with van der Waals surface area (Å²) in [7, 11) is 0. The number of aliphatic imine (C=N–C) groups is 1. The van der Waals surface area contributed by atoms with Crippen LogP contribution in [0.4, 0.5) is 22.7 Å². The topological polar surface area (TPSA) is 79.5 Å². The number of para-hydroxylation sites is 2. The lowest BCUT2D eigenvalue weighted by molar-refractivity contribution is -0.116. The third-order valence-corrected chi connectivity index (χ3v) is 6.25. The van der Waals surface area contributed by atoms with E-state index in [2.05, 4.69) is 34.7 Å². The Morgan fingerprint density at radius 3 is 2.35 bits per heavy atom. The average molecular weight is 469 g/mol. The molecule has 0 aliphatic rings. The molecule has 0 spiro atoms. The van der Waals surface area contributed by atoms with Gasteiger partial charge in [0.05, 0.1) is 21.9 Å². The second-order valence-electron chi connectivity index (χ2n) is 8.08. The summed E-state index contributed by atoms with van der Waals surface area (Å²) in [5.41, 5.74) is 11.9. The van der Waals surface area contributed by atoms with Gasteiger partial charge in [-0.25, -0.2) is 4.99 Å². The Hall–Kier alpha value is -3.90. The van der Waals surface area contributed by atoms with Crippen molar-refractivity contribution in [1.82, 2.24) is 0 Å². The molecule has 0 atom stereocenters. The van der Waals surface area contributed by atoms with Crippen molar-refractivity contribution in [2.45, 2.75) is 26.2 Å². The number of aryl methyl sites for hydroxylation is 2. The maximum absolute atomic E-state index is 12.6. The van der Waals surface area contributed by atoms with Crippen LogP contribution in [-0.2, 0) is 11.2 Å². The predicted octanol–water partition coefficient (Wildman–Crippen LogP) is 6.80. The van der Waals surface area contributed by atoms with Gasteiger partial charge in [0.15, 0.2) is 0 Å². The number of anilines is 3. The van der Waals surface area contributed by atoms with Crippen LogP contribution in [-0.4, -0.2) is 11.7 Å². The quantitative estimate of drug-likeness (QED) is 0.187. The average Bonchev–Trinajstić information content (AvgIpc) is 3.38. The number of hydrogen-bond donors (Lipinski definition) is 3. The summed E-state index contributed by atoms with van der Waals surface area (Å²) in [5.74, 6) is 0.527. The van der Waals surface area contributed by atoms with E-state index in [0.717, 1.165) is 40.5 Å². The van der Waals surface area contributed by atoms with E-state index >= 15 is 0 Å². The number of nitrogens with one attached hydrogen (secondary N) is 2. The minimum absolute atomic E-state index is 0.00287. The molecule has 0 saturated heterocycles. The highest BCUT2D eigenvalue weighted by molar-refractivity contribution is 7.12. The van der Waals surface area contributed by atoms with Crippen molar-refractivity contribution in [3.63, 3.8) is 0 Å². The van der Waals surface area contributed by atoms with Gasteiger partial charge >= 0.3 is 0 Å². The van der Waals surface area contributed by atoms with E-state index in [0.29, 0.717) is 12.3 Å². The minimum atomic E-state index is 0.00287. The second-order valence-corrected chi connectivity index (χ2v) is 9.03. The van der Waals surface area contributed by atoms with Gasteiger partial charge in [0, 0.05) is 12.1 Å². The molecule has 1 aromatic heterocycles. The fourth-order valence-corrected chi connectivity index (χ4v) is 4.14. The zero-order chi connectivity index (χ0) is 23.8. The molecule has 1 heterocycles. The van der Waals surface area contributed by atoms with Crippen molar-refractivity contribution in [1.29, 1.82) is 0 Å². The lowest BCUT2D eigenvalue weighted by Gasteiger charge is -2.13. The molecule has 3 aromatic carbocycles. The molecule has 0 unspecified atom stereocenters. The molecule has 0 aliphatic carbocycles. The van der Waals surface area contributed by atoms with Crippen LogP contribution in [0, 0.1) is 6.92 Å². The molecule has 0 bridgehead atoms. The molecule has 0 aliphatic heterocycles. The Bertz CT molecular complexity index is 1250. The van der Waals surface area contributed by atoms with Crippen LogP contribution >= 0.6 is 11.3 Å². The van der Waals surface area contributed by atoms with Crippen LogP contribution < -0.4 is 16.4 Å². The Kier molecular flexibility index (Phi) is 7.73. The number of carbonyl (C=O) groups excluding carboxylic acids is 1. The van der Waals surface area contributed by atoms with Crippen LogP contribution in [0.3, 0.4) is 0 Å². The van der Waals surface area contributed by atoms with Crippen molar-refractivity contribution in [3.05, 3.63) is 106 Å². The second kappa shape index (κ2) is 11.3. The molecule has 4 aromatic rings. The smallest absolute Gasteiger partial charge is 0.224 e. The number of nitrogens with two attached hydrogens (primary N) is 1. The summed E-state index contributed by atoms with van der Waals surface area (Å²) in [4.78, 5) is 18.0. The van der Waals surface area contributed by atoms with Crippen molar-refractivity contribution in [2.75, 3.05) is 10.6 Å². The fourth-order valence-electron chi connectivity index (χ4n) is 3.51. The molecule has 4 N–H and O–H groups in total. The third-order valence-electron chi connectivity index (χ3n) is 5.36. The maximum atomic E-state index is 12.6. The number of amides is 1. The van der Waals surface area contributed by atoms with Gasteiger partial charge < -0.3 is 16.4 Å². The Balaban J connectivity index is 1.28. The van der Waals surface area contributed by atoms with E-state index in [-0.39, 0.29) is 5.91 Å². The summed E-state index contributed by atoms with van der Waals surface area (Å²) in [5, 5.41) is 8.40. The predicted molar refractivity (Wildman–Crippen MR) is 144 cm³/mol. The van der Waals surface area contributed by atoms with Gasteiger partial charge in [-0.2, -0.15) is 0 Å². The van der Waals surface area contributed by atoms with E-state index in [1.54, 1.807) is 11.3 Å². The molecule has 34 heavy (non-hydrogen) atoms. The standard InChI is InChI=1S/C28H28N4OS/c1-20-11-15-22(16-12-20)30-24-7-2-3-8-25(24)32-27(33)10-4-6-21-13-17-23(18-14-21)31-28(29)26-9-5-19-34-26/h2-3,5,7-9,11-19,30H,4,6,10H2,1H3,(H2,29,31)(H,32,33). The number of amidine groups is 1. The minimum Gasteiger partial charge on any atom is -0.383 e. The first-order valence-electron chi connectivity index (χ1n) is 11.3. The van der Waals surface area contributed by atoms with E-state index < -0.39 is 0 Å².